The number of H-pyrrole nitrogens is 1. The molecule has 1 aromatic carbocycles. The summed E-state index contributed by atoms with van der Waals surface area (Å²) >= 11 is 0. The number of anilines is 1. The summed E-state index contributed by atoms with van der Waals surface area (Å²) in [6.45, 7) is 1.48. The lowest BCUT2D eigenvalue weighted by Crippen LogP contribution is -2.35. The average molecular weight is 242 g/mol. The van der Waals surface area contributed by atoms with Crippen molar-refractivity contribution in [3.05, 3.63) is 47.8 Å². The van der Waals surface area contributed by atoms with E-state index < -0.39 is 0 Å². The first-order chi connectivity index (χ1) is 8.84. The molecule has 0 radical (unpaired) electrons. The third kappa shape index (κ3) is 2.00. The van der Waals surface area contributed by atoms with Crippen molar-refractivity contribution in [3.8, 4) is 0 Å². The zero-order chi connectivity index (χ0) is 12.4. The number of amides is 1. The van der Waals surface area contributed by atoms with Gasteiger partial charge in [-0.1, -0.05) is 24.3 Å². The minimum atomic E-state index is -0.167. The maximum Gasteiger partial charge on any atom is 0.235 e. The fourth-order valence-corrected chi connectivity index (χ4v) is 2.27. The summed E-state index contributed by atoms with van der Waals surface area (Å²) in [5.41, 5.74) is 2.28. The molecule has 0 fully saturated rings. The van der Waals surface area contributed by atoms with Crippen molar-refractivity contribution in [1.29, 1.82) is 0 Å². The fraction of sp³-hybridized carbons (Fsp3) is 0.231. The Morgan fingerprint density at radius 1 is 1.39 bits per heavy atom. The molecule has 0 saturated carbocycles. The molecule has 18 heavy (non-hydrogen) atoms. The van der Waals surface area contributed by atoms with Crippen molar-refractivity contribution >= 4 is 11.9 Å². The van der Waals surface area contributed by atoms with Crippen molar-refractivity contribution in [2.45, 2.75) is 12.5 Å². The van der Waals surface area contributed by atoms with Crippen LogP contribution in [0.5, 0.6) is 0 Å². The quantitative estimate of drug-likeness (QED) is 0.742. The number of aromatic amines is 1. The molecule has 3 rings (SSSR count). The fourth-order valence-electron chi connectivity index (χ4n) is 2.27. The Labute approximate surface area is 105 Å². The molecule has 0 aliphatic carbocycles. The standard InChI is InChI=1S/C13H14N4O/c18-12(17-13-15-5-6-16-13)11-8-14-7-9-3-1-2-4-10(9)11/h1-6,11,14H,7-8H2,(H2,15,16,17,18). The highest BCUT2D eigenvalue weighted by atomic mass is 16.2. The van der Waals surface area contributed by atoms with Crippen molar-refractivity contribution in [1.82, 2.24) is 15.3 Å². The van der Waals surface area contributed by atoms with E-state index in [0.29, 0.717) is 12.5 Å². The number of hydrogen-bond acceptors (Lipinski definition) is 3. The number of benzene rings is 1. The first kappa shape index (κ1) is 11.0. The number of nitrogens with zero attached hydrogens (tertiary/aromatic N) is 1. The summed E-state index contributed by atoms with van der Waals surface area (Å²) in [6.07, 6.45) is 3.30. The number of rotatable bonds is 2. The van der Waals surface area contributed by atoms with E-state index in [1.807, 2.05) is 18.2 Å². The molecule has 0 saturated heterocycles. The second kappa shape index (κ2) is 4.62. The van der Waals surface area contributed by atoms with Crippen LogP contribution in [-0.4, -0.2) is 22.4 Å². The van der Waals surface area contributed by atoms with E-state index in [9.17, 15) is 4.79 Å². The summed E-state index contributed by atoms with van der Waals surface area (Å²) < 4.78 is 0. The summed E-state index contributed by atoms with van der Waals surface area (Å²) in [4.78, 5) is 19.1. The van der Waals surface area contributed by atoms with Crippen molar-refractivity contribution < 1.29 is 4.79 Å². The Bertz CT molecular complexity index is 550. The van der Waals surface area contributed by atoms with Crippen LogP contribution < -0.4 is 10.6 Å². The molecule has 1 aromatic heterocycles. The molecule has 5 nitrogen and oxygen atoms in total. The van der Waals surface area contributed by atoms with Crippen LogP contribution in [0, 0.1) is 0 Å². The number of imidazole rings is 1. The third-order valence-electron chi connectivity index (χ3n) is 3.15. The Morgan fingerprint density at radius 2 is 2.28 bits per heavy atom. The van der Waals surface area contributed by atoms with Crippen LogP contribution in [0.4, 0.5) is 5.95 Å². The smallest absolute Gasteiger partial charge is 0.235 e. The molecule has 1 unspecified atom stereocenters. The second-order valence-electron chi connectivity index (χ2n) is 4.31. The zero-order valence-corrected chi connectivity index (χ0v) is 9.81. The molecule has 1 amide bonds. The Balaban J connectivity index is 1.83. The van der Waals surface area contributed by atoms with Gasteiger partial charge in [-0.2, -0.15) is 0 Å². The molecule has 0 spiro atoms. The molecule has 1 aliphatic rings. The number of nitrogens with one attached hydrogen (secondary N) is 3. The van der Waals surface area contributed by atoms with Crippen LogP contribution in [0.15, 0.2) is 36.7 Å². The molecular formula is C13H14N4O. The Morgan fingerprint density at radius 3 is 3.11 bits per heavy atom. The van der Waals surface area contributed by atoms with Gasteiger partial charge in [-0.3, -0.25) is 10.1 Å². The minimum absolute atomic E-state index is 0.0374. The van der Waals surface area contributed by atoms with Gasteiger partial charge in [-0.05, 0) is 11.1 Å². The normalized spacial score (nSPS) is 18.1. The predicted octanol–water partition coefficient (Wildman–Crippen LogP) is 1.24. The highest BCUT2D eigenvalue weighted by Gasteiger charge is 2.26. The van der Waals surface area contributed by atoms with Gasteiger partial charge < -0.3 is 10.3 Å². The lowest BCUT2D eigenvalue weighted by atomic mass is 9.90. The molecule has 92 valence electrons. The Hall–Kier alpha value is -2.14. The zero-order valence-electron chi connectivity index (χ0n) is 9.81. The molecule has 3 N–H and O–H groups in total. The first-order valence-electron chi connectivity index (χ1n) is 5.93. The summed E-state index contributed by atoms with van der Waals surface area (Å²) in [7, 11) is 0. The molecule has 5 heteroatoms. The summed E-state index contributed by atoms with van der Waals surface area (Å²) in [6, 6.07) is 8.03. The van der Waals surface area contributed by atoms with E-state index in [1.54, 1.807) is 12.4 Å². The maximum absolute atomic E-state index is 12.2. The van der Waals surface area contributed by atoms with Crippen molar-refractivity contribution in [2.75, 3.05) is 11.9 Å². The molecule has 2 heterocycles. The van der Waals surface area contributed by atoms with Gasteiger partial charge in [0.05, 0.1) is 5.92 Å². The third-order valence-corrected chi connectivity index (χ3v) is 3.15. The van der Waals surface area contributed by atoms with Gasteiger partial charge in [-0.25, -0.2) is 4.98 Å². The molecule has 1 atom stereocenters. The monoisotopic (exact) mass is 242 g/mol. The average Bonchev–Trinajstić information content (AvgIpc) is 2.91. The Kier molecular flexibility index (Phi) is 2.82. The van der Waals surface area contributed by atoms with E-state index in [4.69, 9.17) is 0 Å². The lowest BCUT2D eigenvalue weighted by molar-refractivity contribution is -0.117. The lowest BCUT2D eigenvalue weighted by Gasteiger charge is -2.25. The van der Waals surface area contributed by atoms with Crippen LogP contribution >= 0.6 is 0 Å². The van der Waals surface area contributed by atoms with Gasteiger partial charge in [-0.15, -0.1) is 0 Å². The van der Waals surface area contributed by atoms with Gasteiger partial charge in [0.15, 0.2) is 0 Å². The van der Waals surface area contributed by atoms with Crippen molar-refractivity contribution in [3.63, 3.8) is 0 Å². The second-order valence-corrected chi connectivity index (χ2v) is 4.31. The van der Waals surface area contributed by atoms with Gasteiger partial charge >= 0.3 is 0 Å². The van der Waals surface area contributed by atoms with E-state index >= 15 is 0 Å². The van der Waals surface area contributed by atoms with Crippen LogP contribution in [0.3, 0.4) is 0 Å². The van der Waals surface area contributed by atoms with Crippen LogP contribution in [0.1, 0.15) is 17.0 Å². The summed E-state index contributed by atoms with van der Waals surface area (Å²) in [5.74, 6) is 0.285. The number of fused-ring (bicyclic) bond motifs is 1. The van der Waals surface area contributed by atoms with E-state index in [2.05, 4.69) is 26.7 Å². The minimum Gasteiger partial charge on any atom is -0.331 e. The SMILES string of the molecule is O=C(Nc1ncc[nH]1)C1CNCc2ccccc21. The molecular weight excluding hydrogens is 228 g/mol. The number of carbonyl (C=O) groups excluding carboxylic acids is 1. The highest BCUT2D eigenvalue weighted by molar-refractivity contribution is 5.95. The molecule has 0 bridgehead atoms. The molecule has 1 aliphatic heterocycles. The largest absolute Gasteiger partial charge is 0.331 e. The van der Waals surface area contributed by atoms with E-state index in [1.165, 1.54) is 5.56 Å². The highest BCUT2D eigenvalue weighted by Crippen LogP contribution is 2.24. The van der Waals surface area contributed by atoms with E-state index in [-0.39, 0.29) is 11.8 Å². The van der Waals surface area contributed by atoms with E-state index in [0.717, 1.165) is 12.1 Å². The number of carbonyl (C=O) groups is 1. The predicted molar refractivity (Wildman–Crippen MR) is 68.1 cm³/mol. The number of aromatic nitrogens is 2. The number of hydrogen-bond donors (Lipinski definition) is 3. The first-order valence-corrected chi connectivity index (χ1v) is 5.93. The van der Waals surface area contributed by atoms with Crippen LogP contribution in [0.2, 0.25) is 0 Å². The van der Waals surface area contributed by atoms with Gasteiger partial charge in [0.1, 0.15) is 0 Å². The topological polar surface area (TPSA) is 69.8 Å². The van der Waals surface area contributed by atoms with Crippen LogP contribution in [0.25, 0.3) is 0 Å². The summed E-state index contributed by atoms with van der Waals surface area (Å²) in [5, 5.41) is 6.05. The van der Waals surface area contributed by atoms with Gasteiger partial charge in [0, 0.05) is 25.5 Å². The maximum atomic E-state index is 12.2. The van der Waals surface area contributed by atoms with Gasteiger partial charge in [0.25, 0.3) is 0 Å². The molecule has 2 aromatic rings. The van der Waals surface area contributed by atoms with Crippen molar-refractivity contribution in [2.24, 2.45) is 0 Å². The van der Waals surface area contributed by atoms with Gasteiger partial charge in [0.2, 0.25) is 11.9 Å². The van der Waals surface area contributed by atoms with Crippen LogP contribution in [-0.2, 0) is 11.3 Å².